The Morgan fingerprint density at radius 2 is 1.80 bits per heavy atom. The number of alkyl carbamates (subject to hydrolysis) is 1. The van der Waals surface area contributed by atoms with E-state index in [0.717, 1.165) is 44.9 Å². The number of ether oxygens (including phenoxy) is 4. The summed E-state index contributed by atoms with van der Waals surface area (Å²) in [5.74, 6) is -1.72. The number of fused-ring (bicyclic) bond motifs is 3. The number of hydrogen-bond donors (Lipinski definition) is 4. The van der Waals surface area contributed by atoms with E-state index in [4.69, 9.17) is 23.9 Å². The largest absolute Gasteiger partial charge is 0.495 e. The molecule has 2 aromatic heterocycles. The summed E-state index contributed by atoms with van der Waals surface area (Å²) in [5, 5.41) is 21.2. The number of halogens is 1. The molecule has 59 heavy (non-hydrogen) atoms. The molecule has 4 heterocycles. The highest BCUT2D eigenvalue weighted by Gasteiger charge is 2.61. The molecule has 1 aromatic carbocycles. The molecule has 4 aliphatic rings. The molecular formula is C41H49BrN6O10S. The van der Waals surface area contributed by atoms with Gasteiger partial charge in [-0.1, -0.05) is 25.0 Å². The van der Waals surface area contributed by atoms with Crippen molar-refractivity contribution in [3.05, 3.63) is 40.2 Å². The molecule has 316 valence electrons. The number of pyridine rings is 1. The predicted molar refractivity (Wildman–Crippen MR) is 221 cm³/mol. The fourth-order valence-electron chi connectivity index (χ4n) is 8.04. The lowest BCUT2D eigenvalue weighted by Gasteiger charge is -2.29. The molecule has 1 saturated heterocycles. The van der Waals surface area contributed by atoms with Crippen LogP contribution in [-0.2, 0) is 23.9 Å². The molecule has 0 spiro atoms. The Bertz CT molecular complexity index is 2120. The first kappa shape index (κ1) is 42.2. The molecule has 7 rings (SSSR count). The molecule has 2 saturated carbocycles. The molecule has 16 nitrogen and oxygen atoms in total. The van der Waals surface area contributed by atoms with E-state index in [0.29, 0.717) is 56.2 Å². The molecule has 0 radical (unpaired) electrons. The van der Waals surface area contributed by atoms with Gasteiger partial charge in [0.15, 0.2) is 5.13 Å². The van der Waals surface area contributed by atoms with Crippen LogP contribution in [0.3, 0.4) is 0 Å². The monoisotopic (exact) mass is 896 g/mol. The molecule has 2 aliphatic carbocycles. The lowest BCUT2D eigenvalue weighted by Crippen LogP contribution is -2.56. The number of aromatic nitrogens is 2. The standard InChI is InChI=1S/C41H49BrN6O10S/c1-22(2)56-40(54)46-38-44-29(21-59-38)28-18-32(26-15-16-31(55-3)33(42)34(26)43-28)57-25-17-30-35(49)47-41(37(51)52)19-23(41)11-7-5-4-6-8-14-27(36(50)48(30)20-25)45-39(53)58-24-12-9-10-13-24/h7,11,15-16,18,21-25,27,30H,4-6,8-10,12-14,17,19-20H2,1-3H3,(H,45,53)(H,47,49)(H,51,52)(H,44,46,54)/b11-7-/t23-,25+,27-,30-,41+/m0/s1. The van der Waals surface area contributed by atoms with Crippen molar-refractivity contribution >= 4 is 73.3 Å². The average molecular weight is 898 g/mol. The fraction of sp³-hybridized carbons (Fsp3) is 0.537. The van der Waals surface area contributed by atoms with Crippen LogP contribution in [0.1, 0.15) is 84.5 Å². The summed E-state index contributed by atoms with van der Waals surface area (Å²) in [6.45, 7) is 3.45. The number of anilines is 1. The number of allylic oxidation sites excluding steroid dienone is 1. The molecule has 5 atom stereocenters. The van der Waals surface area contributed by atoms with Gasteiger partial charge in [-0.2, -0.15) is 0 Å². The first-order valence-electron chi connectivity index (χ1n) is 20.1. The van der Waals surface area contributed by atoms with Gasteiger partial charge in [0.2, 0.25) is 11.8 Å². The highest BCUT2D eigenvalue weighted by Crippen LogP contribution is 2.46. The molecule has 3 fully saturated rings. The van der Waals surface area contributed by atoms with Gasteiger partial charge in [-0.25, -0.2) is 24.4 Å². The van der Waals surface area contributed by atoms with Gasteiger partial charge >= 0.3 is 18.2 Å². The number of nitrogens with zero attached hydrogens (tertiary/aromatic N) is 3. The molecule has 3 aromatic rings. The minimum absolute atomic E-state index is 0.0324. The summed E-state index contributed by atoms with van der Waals surface area (Å²) in [7, 11) is 1.54. The van der Waals surface area contributed by atoms with Crippen molar-refractivity contribution in [2.45, 2.75) is 120 Å². The Morgan fingerprint density at radius 1 is 1.02 bits per heavy atom. The Morgan fingerprint density at radius 3 is 2.54 bits per heavy atom. The Kier molecular flexibility index (Phi) is 12.9. The second-order valence-corrected chi connectivity index (χ2v) is 17.4. The SMILES string of the molecule is COc1ccc2c(O[C@@H]3C[C@H]4C(=O)N[C@]5(C(=O)O)C[C@@H]5/C=C\CCCCC[C@H](NC(=O)OC5CCCC5)C(=O)N4C3)cc(-c3csc(NC(=O)OC(C)C)n3)nc2c1Br. The maximum atomic E-state index is 14.6. The van der Waals surface area contributed by atoms with E-state index in [-0.39, 0.29) is 37.5 Å². The molecule has 4 amide bonds. The summed E-state index contributed by atoms with van der Waals surface area (Å²) in [6.07, 6.45) is 8.25. The summed E-state index contributed by atoms with van der Waals surface area (Å²) in [4.78, 5) is 77.8. The second-order valence-electron chi connectivity index (χ2n) is 15.7. The molecule has 0 bridgehead atoms. The third kappa shape index (κ3) is 9.59. The molecule has 2 aliphatic heterocycles. The van der Waals surface area contributed by atoms with Gasteiger partial charge in [-0.15, -0.1) is 11.3 Å². The maximum absolute atomic E-state index is 14.6. The number of carboxylic acids is 1. The molecule has 18 heteroatoms. The maximum Gasteiger partial charge on any atom is 0.413 e. The van der Waals surface area contributed by atoms with Gasteiger partial charge in [-0.3, -0.25) is 14.9 Å². The topological polar surface area (TPSA) is 208 Å². The molecule has 0 unspecified atom stereocenters. The van der Waals surface area contributed by atoms with E-state index in [9.17, 15) is 29.1 Å². The van der Waals surface area contributed by atoms with Crippen molar-refractivity contribution in [2.75, 3.05) is 19.0 Å². The van der Waals surface area contributed by atoms with Crippen molar-refractivity contribution in [2.24, 2.45) is 5.92 Å². The van der Waals surface area contributed by atoms with Crippen LogP contribution < -0.4 is 25.4 Å². The molecule has 4 N–H and O–H groups in total. The van der Waals surface area contributed by atoms with Gasteiger partial charge in [0.25, 0.3) is 0 Å². The minimum atomic E-state index is -1.49. The number of methoxy groups -OCH3 is 1. The van der Waals surface area contributed by atoms with Crippen LogP contribution >= 0.6 is 27.3 Å². The van der Waals surface area contributed by atoms with Crippen molar-refractivity contribution in [3.8, 4) is 22.9 Å². The number of amides is 4. The Labute approximate surface area is 353 Å². The second kappa shape index (κ2) is 18.1. The average Bonchev–Trinajstić information content (AvgIpc) is 3.62. The highest BCUT2D eigenvalue weighted by molar-refractivity contribution is 9.10. The van der Waals surface area contributed by atoms with Gasteiger partial charge in [0.05, 0.1) is 35.4 Å². The van der Waals surface area contributed by atoms with Crippen molar-refractivity contribution < 1.29 is 48.0 Å². The summed E-state index contributed by atoms with van der Waals surface area (Å²) in [5.41, 5.74) is -0.152. The van der Waals surface area contributed by atoms with E-state index in [2.05, 4.69) is 36.9 Å². The van der Waals surface area contributed by atoms with Gasteiger partial charge < -0.3 is 39.6 Å². The lowest BCUT2D eigenvalue weighted by atomic mass is 10.0. The zero-order chi connectivity index (χ0) is 41.8. The number of benzene rings is 1. The van der Waals surface area contributed by atoms with Crippen LogP contribution in [0, 0.1) is 5.92 Å². The van der Waals surface area contributed by atoms with Crippen LogP contribution in [-0.4, -0.2) is 99.5 Å². The number of carbonyl (C=O) groups excluding carboxylic acids is 4. The van der Waals surface area contributed by atoms with E-state index in [1.165, 1.54) is 23.3 Å². The first-order valence-corrected chi connectivity index (χ1v) is 21.8. The number of hydrogen-bond acceptors (Lipinski definition) is 12. The predicted octanol–water partition coefficient (Wildman–Crippen LogP) is 6.95. The number of carboxylic acid groups (broad SMARTS) is 1. The van der Waals surface area contributed by atoms with Crippen LogP contribution in [0.25, 0.3) is 22.3 Å². The number of nitrogens with one attached hydrogen (secondary N) is 3. The van der Waals surface area contributed by atoms with Crippen LogP contribution in [0.5, 0.6) is 11.5 Å². The zero-order valence-electron chi connectivity index (χ0n) is 33.2. The minimum Gasteiger partial charge on any atom is -0.495 e. The lowest BCUT2D eigenvalue weighted by molar-refractivity contribution is -0.145. The van der Waals surface area contributed by atoms with Crippen molar-refractivity contribution in [1.29, 1.82) is 0 Å². The van der Waals surface area contributed by atoms with E-state index >= 15 is 0 Å². The van der Waals surface area contributed by atoms with Crippen molar-refractivity contribution in [1.82, 2.24) is 25.5 Å². The molecular weight excluding hydrogens is 848 g/mol. The highest BCUT2D eigenvalue weighted by atomic mass is 79.9. The number of thiazole rings is 1. The smallest absolute Gasteiger partial charge is 0.413 e. The van der Waals surface area contributed by atoms with Crippen LogP contribution in [0.4, 0.5) is 14.7 Å². The number of carbonyl (C=O) groups is 5. The van der Waals surface area contributed by atoms with E-state index < -0.39 is 53.7 Å². The van der Waals surface area contributed by atoms with E-state index in [1.54, 1.807) is 37.4 Å². The Balaban J connectivity index is 1.21. The first-order chi connectivity index (χ1) is 28.3. The van der Waals surface area contributed by atoms with Gasteiger partial charge in [-0.05, 0) is 93.3 Å². The summed E-state index contributed by atoms with van der Waals surface area (Å²) < 4.78 is 23.7. The van der Waals surface area contributed by atoms with Crippen LogP contribution in [0.15, 0.2) is 40.2 Å². The number of aliphatic carboxylic acids is 1. The summed E-state index contributed by atoms with van der Waals surface area (Å²) in [6, 6.07) is 3.16. The quantitative estimate of drug-likeness (QED) is 0.161. The zero-order valence-corrected chi connectivity index (χ0v) is 35.6. The van der Waals surface area contributed by atoms with Crippen LogP contribution in [0.2, 0.25) is 0 Å². The van der Waals surface area contributed by atoms with E-state index in [1.807, 2.05) is 12.2 Å². The number of rotatable bonds is 9. The third-order valence-electron chi connectivity index (χ3n) is 11.2. The normalized spacial score (nSPS) is 25.5. The van der Waals surface area contributed by atoms with Gasteiger partial charge in [0, 0.05) is 29.2 Å². The summed E-state index contributed by atoms with van der Waals surface area (Å²) >= 11 is 4.81. The van der Waals surface area contributed by atoms with Crippen molar-refractivity contribution in [3.63, 3.8) is 0 Å². The third-order valence-corrected chi connectivity index (χ3v) is 12.7. The fourth-order valence-corrected chi connectivity index (χ4v) is 9.32. The van der Waals surface area contributed by atoms with Gasteiger partial charge in [0.1, 0.15) is 47.0 Å². The Hall–Kier alpha value is -4.97.